The van der Waals surface area contributed by atoms with Crippen LogP contribution < -0.4 is 20.1 Å². The lowest BCUT2D eigenvalue weighted by atomic mass is 10.2. The summed E-state index contributed by atoms with van der Waals surface area (Å²) in [5, 5.41) is 6.64. The standard InChI is InChI=1S/C19H27N5O2/c1-15-21-10-12-24(15)11-6-5-9-22-19(20-2)23-13-16-14-25-17-7-3-4-8-18(17)26-16/h3-4,7-8,10,12,16H,5-6,9,11,13-14H2,1-2H3,(H2,20,22,23). The van der Waals surface area contributed by atoms with E-state index in [2.05, 4.69) is 25.2 Å². The van der Waals surface area contributed by atoms with Crippen LogP contribution in [-0.4, -0.2) is 48.4 Å². The van der Waals surface area contributed by atoms with Crippen molar-refractivity contribution >= 4 is 5.96 Å². The summed E-state index contributed by atoms with van der Waals surface area (Å²) in [6, 6.07) is 7.74. The summed E-state index contributed by atoms with van der Waals surface area (Å²) in [7, 11) is 1.78. The van der Waals surface area contributed by atoms with Gasteiger partial charge in [-0.25, -0.2) is 4.98 Å². The minimum absolute atomic E-state index is 0.0346. The van der Waals surface area contributed by atoms with Gasteiger partial charge in [-0.05, 0) is 31.9 Å². The molecule has 2 N–H and O–H groups in total. The van der Waals surface area contributed by atoms with Crippen LogP contribution in [0.25, 0.3) is 0 Å². The highest BCUT2D eigenvalue weighted by Gasteiger charge is 2.20. The lowest BCUT2D eigenvalue weighted by Crippen LogP contribution is -2.45. The molecule has 0 spiro atoms. The number of fused-ring (bicyclic) bond motifs is 1. The van der Waals surface area contributed by atoms with E-state index in [-0.39, 0.29) is 6.10 Å². The zero-order valence-electron chi connectivity index (χ0n) is 15.4. The monoisotopic (exact) mass is 357 g/mol. The highest BCUT2D eigenvalue weighted by Crippen LogP contribution is 2.30. The number of aryl methyl sites for hydroxylation is 2. The zero-order valence-corrected chi connectivity index (χ0v) is 15.4. The van der Waals surface area contributed by atoms with Crippen molar-refractivity contribution in [3.63, 3.8) is 0 Å². The fourth-order valence-electron chi connectivity index (χ4n) is 2.85. The molecule has 0 amide bonds. The summed E-state index contributed by atoms with van der Waals surface area (Å²) in [4.78, 5) is 8.50. The molecule has 0 fully saturated rings. The number of guanidine groups is 1. The van der Waals surface area contributed by atoms with Crippen molar-refractivity contribution in [2.45, 2.75) is 32.4 Å². The van der Waals surface area contributed by atoms with E-state index in [1.807, 2.05) is 43.6 Å². The Labute approximate surface area is 154 Å². The molecule has 0 bridgehead atoms. The Kier molecular flexibility index (Phi) is 6.35. The van der Waals surface area contributed by atoms with Crippen LogP contribution in [0.2, 0.25) is 0 Å². The smallest absolute Gasteiger partial charge is 0.191 e. The van der Waals surface area contributed by atoms with E-state index in [4.69, 9.17) is 9.47 Å². The van der Waals surface area contributed by atoms with Gasteiger partial charge in [0.05, 0.1) is 6.54 Å². The van der Waals surface area contributed by atoms with Crippen molar-refractivity contribution in [2.75, 3.05) is 26.7 Å². The van der Waals surface area contributed by atoms with Gasteiger partial charge in [0.1, 0.15) is 18.5 Å². The third kappa shape index (κ3) is 4.91. The number of benzene rings is 1. The fourth-order valence-corrected chi connectivity index (χ4v) is 2.85. The van der Waals surface area contributed by atoms with Crippen molar-refractivity contribution in [1.29, 1.82) is 0 Å². The number of rotatable bonds is 7. The second-order valence-corrected chi connectivity index (χ2v) is 6.25. The molecule has 140 valence electrons. The molecule has 3 rings (SSSR count). The van der Waals surface area contributed by atoms with E-state index in [0.717, 1.165) is 49.2 Å². The van der Waals surface area contributed by atoms with Crippen LogP contribution in [0.4, 0.5) is 0 Å². The van der Waals surface area contributed by atoms with Crippen LogP contribution >= 0.6 is 0 Å². The number of para-hydroxylation sites is 2. The second kappa shape index (κ2) is 9.12. The Hall–Kier alpha value is -2.70. The molecule has 7 nitrogen and oxygen atoms in total. The number of imidazole rings is 1. The van der Waals surface area contributed by atoms with Gasteiger partial charge in [-0.2, -0.15) is 0 Å². The Morgan fingerprint density at radius 3 is 2.88 bits per heavy atom. The van der Waals surface area contributed by atoms with E-state index in [1.54, 1.807) is 7.05 Å². The van der Waals surface area contributed by atoms with Gasteiger partial charge in [0, 0.05) is 32.5 Å². The maximum Gasteiger partial charge on any atom is 0.191 e. The first-order chi connectivity index (χ1) is 12.8. The van der Waals surface area contributed by atoms with Gasteiger partial charge in [-0.3, -0.25) is 4.99 Å². The molecule has 2 heterocycles. The minimum Gasteiger partial charge on any atom is -0.486 e. The van der Waals surface area contributed by atoms with Gasteiger partial charge in [-0.15, -0.1) is 0 Å². The zero-order chi connectivity index (χ0) is 18.2. The molecular weight excluding hydrogens is 330 g/mol. The van der Waals surface area contributed by atoms with Crippen LogP contribution in [0.15, 0.2) is 41.7 Å². The molecule has 1 aliphatic rings. The molecule has 1 aromatic heterocycles. The topological polar surface area (TPSA) is 72.7 Å². The Balaban J connectivity index is 1.33. The number of hydrogen-bond acceptors (Lipinski definition) is 4. The van der Waals surface area contributed by atoms with Gasteiger partial charge in [0.25, 0.3) is 0 Å². The molecule has 7 heteroatoms. The van der Waals surface area contributed by atoms with E-state index in [0.29, 0.717) is 13.2 Å². The summed E-state index contributed by atoms with van der Waals surface area (Å²) in [5.74, 6) is 3.45. The van der Waals surface area contributed by atoms with Crippen molar-refractivity contribution in [3.8, 4) is 11.5 Å². The van der Waals surface area contributed by atoms with Crippen molar-refractivity contribution in [1.82, 2.24) is 20.2 Å². The van der Waals surface area contributed by atoms with Gasteiger partial charge in [0.2, 0.25) is 0 Å². The lowest BCUT2D eigenvalue weighted by molar-refractivity contribution is 0.0936. The third-order valence-corrected chi connectivity index (χ3v) is 4.33. The highest BCUT2D eigenvalue weighted by atomic mass is 16.6. The molecular formula is C19H27N5O2. The molecule has 1 aliphatic heterocycles. The van der Waals surface area contributed by atoms with Crippen molar-refractivity contribution < 1.29 is 9.47 Å². The van der Waals surface area contributed by atoms with Gasteiger partial charge < -0.3 is 24.7 Å². The third-order valence-electron chi connectivity index (χ3n) is 4.33. The van der Waals surface area contributed by atoms with E-state index in [1.165, 1.54) is 0 Å². The van der Waals surface area contributed by atoms with Crippen LogP contribution in [0.5, 0.6) is 11.5 Å². The summed E-state index contributed by atoms with van der Waals surface area (Å²) in [6.07, 6.45) is 5.99. The predicted molar refractivity (Wildman–Crippen MR) is 102 cm³/mol. The Morgan fingerprint density at radius 2 is 2.12 bits per heavy atom. The fraction of sp³-hybridized carbons (Fsp3) is 0.474. The van der Waals surface area contributed by atoms with E-state index in [9.17, 15) is 0 Å². The van der Waals surface area contributed by atoms with Gasteiger partial charge >= 0.3 is 0 Å². The SMILES string of the molecule is CN=C(NCCCCn1ccnc1C)NCC1COc2ccccc2O1. The molecule has 1 unspecified atom stereocenters. The van der Waals surface area contributed by atoms with Gasteiger partial charge in [-0.1, -0.05) is 12.1 Å². The normalized spacial score (nSPS) is 16.4. The van der Waals surface area contributed by atoms with E-state index >= 15 is 0 Å². The van der Waals surface area contributed by atoms with Gasteiger partial charge in [0.15, 0.2) is 17.5 Å². The summed E-state index contributed by atoms with van der Waals surface area (Å²) in [6.45, 7) is 5.07. The average Bonchev–Trinajstić information content (AvgIpc) is 3.08. The van der Waals surface area contributed by atoms with Crippen LogP contribution in [-0.2, 0) is 6.54 Å². The quantitative estimate of drug-likeness (QED) is 0.450. The highest BCUT2D eigenvalue weighted by molar-refractivity contribution is 5.79. The number of hydrogen-bond donors (Lipinski definition) is 2. The maximum atomic E-state index is 5.94. The molecule has 0 radical (unpaired) electrons. The second-order valence-electron chi connectivity index (χ2n) is 6.25. The minimum atomic E-state index is -0.0346. The summed E-state index contributed by atoms with van der Waals surface area (Å²) in [5.41, 5.74) is 0. The van der Waals surface area contributed by atoms with Crippen molar-refractivity contribution in [2.24, 2.45) is 4.99 Å². The average molecular weight is 357 g/mol. The van der Waals surface area contributed by atoms with Crippen LogP contribution in [0.3, 0.4) is 0 Å². The predicted octanol–water partition coefficient (Wildman–Crippen LogP) is 1.98. The first kappa shape index (κ1) is 18.1. The number of aromatic nitrogens is 2. The van der Waals surface area contributed by atoms with Crippen LogP contribution in [0, 0.1) is 6.92 Å². The summed E-state index contributed by atoms with van der Waals surface area (Å²) < 4.78 is 13.8. The molecule has 0 saturated heterocycles. The maximum absolute atomic E-state index is 5.94. The Bertz CT molecular complexity index is 728. The first-order valence-corrected chi connectivity index (χ1v) is 9.07. The largest absolute Gasteiger partial charge is 0.486 e. The molecule has 1 atom stereocenters. The van der Waals surface area contributed by atoms with Crippen molar-refractivity contribution in [3.05, 3.63) is 42.5 Å². The molecule has 0 aliphatic carbocycles. The number of nitrogens with one attached hydrogen (secondary N) is 2. The number of unbranched alkanes of at least 4 members (excludes halogenated alkanes) is 1. The number of ether oxygens (including phenoxy) is 2. The molecule has 2 aromatic rings. The molecule has 1 aromatic carbocycles. The number of aliphatic imine (C=N–C) groups is 1. The Morgan fingerprint density at radius 1 is 1.27 bits per heavy atom. The number of nitrogens with zero attached hydrogens (tertiary/aromatic N) is 3. The lowest BCUT2D eigenvalue weighted by Gasteiger charge is -2.27. The first-order valence-electron chi connectivity index (χ1n) is 9.07. The molecule has 26 heavy (non-hydrogen) atoms. The molecule has 0 saturated carbocycles. The van der Waals surface area contributed by atoms with Crippen LogP contribution in [0.1, 0.15) is 18.7 Å². The van der Waals surface area contributed by atoms with E-state index < -0.39 is 0 Å². The summed E-state index contributed by atoms with van der Waals surface area (Å²) >= 11 is 0.